The van der Waals surface area contributed by atoms with Gasteiger partial charge in [-0.15, -0.1) is 0 Å². The number of benzene rings is 2. The smallest absolute Gasteiger partial charge is 0.283 e. The Morgan fingerprint density at radius 2 is 1.78 bits per heavy atom. The molecule has 1 amide bonds. The molecule has 0 radical (unpaired) electrons. The summed E-state index contributed by atoms with van der Waals surface area (Å²) in [6, 6.07) is 9.42. The largest absolute Gasteiger partial charge is 0.490 e. The highest BCUT2D eigenvalue weighted by molar-refractivity contribution is 8.27. The summed E-state index contributed by atoms with van der Waals surface area (Å²) in [5.74, 6) is 1.25. The molecule has 0 saturated heterocycles. The summed E-state index contributed by atoms with van der Waals surface area (Å²) < 4.78 is 17.5. The molecule has 0 unspecified atom stereocenters. The number of amidine groups is 2. The molecule has 2 heterocycles. The second-order valence-corrected chi connectivity index (χ2v) is 10.3. The maximum Gasteiger partial charge on any atom is 0.283 e. The predicted molar refractivity (Wildman–Crippen MR) is 149 cm³/mol. The number of hydrogen-bond acceptors (Lipinski definition) is 7. The highest BCUT2D eigenvalue weighted by Crippen LogP contribution is 2.38. The third-order valence-corrected chi connectivity index (χ3v) is 6.89. The second kappa shape index (κ2) is 11.4. The summed E-state index contributed by atoms with van der Waals surface area (Å²) in [4.78, 5) is 16.9. The van der Waals surface area contributed by atoms with Crippen LogP contribution in [-0.4, -0.2) is 46.8 Å². The first kappa shape index (κ1) is 26.8. The summed E-state index contributed by atoms with van der Waals surface area (Å²) in [7, 11) is 0. The van der Waals surface area contributed by atoms with Gasteiger partial charge in [0.25, 0.3) is 5.91 Å². The molecule has 2 aromatic carbocycles. The number of nitrogens with one attached hydrogen (secondary N) is 1. The first-order valence-corrected chi connectivity index (χ1v) is 13.2. The van der Waals surface area contributed by atoms with Gasteiger partial charge in [0.15, 0.2) is 17.3 Å². The van der Waals surface area contributed by atoms with Crippen LogP contribution in [0.4, 0.5) is 0 Å². The monoisotopic (exact) mass is 540 g/mol. The zero-order chi connectivity index (χ0) is 26.7. The van der Waals surface area contributed by atoms with Crippen molar-refractivity contribution in [2.45, 2.75) is 34.6 Å². The van der Waals surface area contributed by atoms with E-state index in [1.54, 1.807) is 18.2 Å². The van der Waals surface area contributed by atoms with E-state index in [1.165, 1.54) is 16.8 Å². The van der Waals surface area contributed by atoms with Crippen LogP contribution in [0.15, 0.2) is 46.0 Å². The highest BCUT2D eigenvalue weighted by Gasteiger charge is 2.36. The van der Waals surface area contributed by atoms with E-state index in [9.17, 15) is 4.79 Å². The lowest BCUT2D eigenvalue weighted by atomic mass is 10.1. The molecule has 0 bridgehead atoms. The molecule has 1 N–H and O–H groups in total. The average molecular weight is 541 g/mol. The first-order chi connectivity index (χ1) is 17.7. The van der Waals surface area contributed by atoms with Crippen LogP contribution in [0.25, 0.3) is 6.08 Å². The molecule has 0 atom stereocenters. The Morgan fingerprint density at radius 3 is 2.46 bits per heavy atom. The van der Waals surface area contributed by atoms with Crippen molar-refractivity contribution in [3.63, 3.8) is 0 Å². The van der Waals surface area contributed by atoms with Crippen molar-refractivity contribution in [1.82, 2.24) is 5.01 Å². The molecule has 194 valence electrons. The molecule has 8 nitrogen and oxygen atoms in total. The number of amides is 1. The van der Waals surface area contributed by atoms with Crippen LogP contribution in [0.3, 0.4) is 0 Å². The number of aryl methyl sites for hydroxylation is 2. The molecule has 37 heavy (non-hydrogen) atoms. The normalized spacial score (nSPS) is 16.2. The molecule has 0 spiro atoms. The molecular weight excluding hydrogens is 512 g/mol. The summed E-state index contributed by atoms with van der Waals surface area (Å²) in [5, 5.41) is 15.9. The molecule has 2 aliphatic rings. The highest BCUT2D eigenvalue weighted by atomic mass is 35.5. The van der Waals surface area contributed by atoms with Gasteiger partial charge in [0.05, 0.1) is 17.2 Å². The van der Waals surface area contributed by atoms with E-state index in [2.05, 4.69) is 16.2 Å². The fraction of sp³-hybridized carbons (Fsp3) is 0.333. The van der Waals surface area contributed by atoms with E-state index >= 15 is 0 Å². The number of hydrazone groups is 1. The number of thioether (sulfide) groups is 1. The average Bonchev–Trinajstić information content (AvgIpc) is 3.25. The topological polar surface area (TPSA) is 96.6 Å². The number of carbonyl (C=O) groups excluding carboxylic acids is 1. The number of carbonyl (C=O) groups is 1. The fourth-order valence-corrected chi connectivity index (χ4v) is 4.97. The van der Waals surface area contributed by atoms with Gasteiger partial charge < -0.3 is 14.2 Å². The van der Waals surface area contributed by atoms with Gasteiger partial charge in [-0.3, -0.25) is 10.2 Å². The molecule has 0 aromatic heterocycles. The van der Waals surface area contributed by atoms with E-state index in [-0.39, 0.29) is 23.9 Å². The van der Waals surface area contributed by atoms with E-state index in [0.29, 0.717) is 40.5 Å². The molecule has 2 aromatic rings. The number of nitrogens with zero attached hydrogens (tertiary/aromatic N) is 3. The molecular formula is C27H29ClN4O4S. The van der Waals surface area contributed by atoms with Crippen molar-refractivity contribution in [2.75, 3.05) is 19.8 Å². The number of fused-ring (bicyclic) bond motifs is 1. The maximum absolute atomic E-state index is 12.7. The molecule has 0 saturated carbocycles. The van der Waals surface area contributed by atoms with Gasteiger partial charge in [0.2, 0.25) is 5.17 Å². The Kier molecular flexibility index (Phi) is 8.24. The van der Waals surface area contributed by atoms with Crippen molar-refractivity contribution in [3.05, 3.63) is 57.6 Å². The van der Waals surface area contributed by atoms with Gasteiger partial charge in [-0.2, -0.15) is 15.1 Å². The number of ether oxygens (including phenoxy) is 3. The summed E-state index contributed by atoms with van der Waals surface area (Å²) in [5.41, 5.74) is 2.96. The Labute approximate surface area is 225 Å². The molecule has 0 aliphatic carbocycles. The van der Waals surface area contributed by atoms with Crippen molar-refractivity contribution in [1.29, 1.82) is 5.41 Å². The Bertz CT molecular complexity index is 1320. The lowest BCUT2D eigenvalue weighted by molar-refractivity contribution is -0.114. The van der Waals surface area contributed by atoms with Crippen LogP contribution in [0, 0.1) is 25.2 Å². The van der Waals surface area contributed by atoms with Gasteiger partial charge >= 0.3 is 0 Å². The van der Waals surface area contributed by atoms with Gasteiger partial charge in [0, 0.05) is 5.92 Å². The van der Waals surface area contributed by atoms with Crippen LogP contribution >= 0.6 is 23.4 Å². The SMILES string of the molecule is CCOc1cc(/C=C2\C(=N)N3N=C(C(C)C)SC3=NC2=O)cc(Cl)c1OCCOc1cc(C)cc(C)c1. The standard InChI is InChI=1S/C27H29ClN4O4S/c1-6-34-22-14-18(12-20-24(29)32-27(30-25(20)33)37-26(31-32)15(2)3)13-21(28)23(22)36-8-7-35-19-10-16(4)9-17(5)11-19/h9-15,29H,6-8H2,1-5H3/b20-12+,29-24?. The minimum absolute atomic E-state index is 0.0314. The summed E-state index contributed by atoms with van der Waals surface area (Å²) >= 11 is 7.87. The Balaban J connectivity index is 1.51. The van der Waals surface area contributed by atoms with Crippen molar-refractivity contribution in [3.8, 4) is 17.2 Å². The molecule has 0 fully saturated rings. The summed E-state index contributed by atoms with van der Waals surface area (Å²) in [6.45, 7) is 10.9. The van der Waals surface area contributed by atoms with E-state index in [0.717, 1.165) is 21.9 Å². The molecule has 10 heteroatoms. The van der Waals surface area contributed by atoms with Gasteiger partial charge in [-0.1, -0.05) is 31.5 Å². The van der Waals surface area contributed by atoms with Crippen LogP contribution in [-0.2, 0) is 4.79 Å². The summed E-state index contributed by atoms with van der Waals surface area (Å²) in [6.07, 6.45) is 1.57. The predicted octanol–water partition coefficient (Wildman–Crippen LogP) is 6.09. The first-order valence-electron chi connectivity index (χ1n) is 12.0. The minimum atomic E-state index is -0.498. The third kappa shape index (κ3) is 6.17. The molecule has 4 rings (SSSR count). The van der Waals surface area contributed by atoms with E-state index in [1.807, 2.05) is 46.8 Å². The fourth-order valence-electron chi connectivity index (χ4n) is 3.80. The van der Waals surface area contributed by atoms with Crippen LogP contribution in [0.1, 0.15) is 37.5 Å². The zero-order valence-electron chi connectivity index (χ0n) is 21.4. The lowest BCUT2D eigenvalue weighted by Crippen LogP contribution is -2.35. The van der Waals surface area contributed by atoms with Crippen LogP contribution in [0.5, 0.6) is 17.2 Å². The van der Waals surface area contributed by atoms with E-state index in [4.69, 9.17) is 31.2 Å². The van der Waals surface area contributed by atoms with Crippen LogP contribution < -0.4 is 14.2 Å². The van der Waals surface area contributed by atoms with Crippen molar-refractivity contribution >= 4 is 51.4 Å². The lowest BCUT2D eigenvalue weighted by Gasteiger charge is -2.20. The quantitative estimate of drug-likeness (QED) is 0.305. The number of hydrogen-bond donors (Lipinski definition) is 1. The third-order valence-electron chi connectivity index (χ3n) is 5.40. The number of rotatable bonds is 9. The minimum Gasteiger partial charge on any atom is -0.490 e. The van der Waals surface area contributed by atoms with Crippen molar-refractivity contribution < 1.29 is 19.0 Å². The van der Waals surface area contributed by atoms with Crippen molar-refractivity contribution in [2.24, 2.45) is 16.0 Å². The van der Waals surface area contributed by atoms with Gasteiger partial charge in [-0.25, -0.2) is 0 Å². The number of halogens is 1. The van der Waals surface area contributed by atoms with Crippen LogP contribution in [0.2, 0.25) is 5.02 Å². The zero-order valence-corrected chi connectivity index (χ0v) is 23.0. The molecule has 2 aliphatic heterocycles. The Morgan fingerprint density at radius 1 is 1.08 bits per heavy atom. The maximum atomic E-state index is 12.7. The van der Waals surface area contributed by atoms with Gasteiger partial charge in [-0.05, 0) is 79.6 Å². The van der Waals surface area contributed by atoms with Gasteiger partial charge in [0.1, 0.15) is 24.0 Å². The second-order valence-electron chi connectivity index (χ2n) is 8.90. The van der Waals surface area contributed by atoms with E-state index < -0.39 is 5.91 Å². The Hall–Kier alpha value is -3.30. The number of aliphatic imine (C=N–C) groups is 1.